The molecule has 5 heteroatoms. The Kier molecular flexibility index (Phi) is 4.39. The largest absolute Gasteiger partial charge is 0.482 e. The summed E-state index contributed by atoms with van der Waals surface area (Å²) >= 11 is 5.21. The van der Waals surface area contributed by atoms with E-state index in [0.717, 1.165) is 17.1 Å². The second-order valence-corrected chi connectivity index (χ2v) is 5.20. The molecular formula is C15H19N3OS. The minimum Gasteiger partial charge on any atom is -0.482 e. The second-order valence-electron chi connectivity index (χ2n) is 4.82. The smallest absolute Gasteiger partial charge is 0.195 e. The summed E-state index contributed by atoms with van der Waals surface area (Å²) < 4.78 is 8.47. The maximum atomic E-state index is 6.00. The van der Waals surface area contributed by atoms with Gasteiger partial charge >= 0.3 is 0 Å². The molecule has 0 aliphatic heterocycles. The van der Waals surface area contributed by atoms with Gasteiger partial charge in [-0.1, -0.05) is 23.8 Å². The Morgan fingerprint density at radius 1 is 1.50 bits per heavy atom. The van der Waals surface area contributed by atoms with E-state index in [2.05, 4.69) is 29.8 Å². The predicted molar refractivity (Wildman–Crippen MR) is 82.6 cm³/mol. The van der Waals surface area contributed by atoms with Gasteiger partial charge in [0.2, 0.25) is 0 Å². The maximum Gasteiger partial charge on any atom is 0.195 e. The van der Waals surface area contributed by atoms with Crippen molar-refractivity contribution in [2.24, 2.45) is 0 Å². The number of rotatable bonds is 5. The van der Waals surface area contributed by atoms with Gasteiger partial charge in [0.1, 0.15) is 5.75 Å². The van der Waals surface area contributed by atoms with E-state index in [0.29, 0.717) is 11.3 Å². The molecule has 1 N–H and O–H groups in total. The van der Waals surface area contributed by atoms with E-state index in [4.69, 9.17) is 17.0 Å². The predicted octanol–water partition coefficient (Wildman–Crippen LogP) is 3.88. The van der Waals surface area contributed by atoms with E-state index in [1.807, 2.05) is 30.5 Å². The summed E-state index contributed by atoms with van der Waals surface area (Å²) in [5, 5.41) is 7.05. The summed E-state index contributed by atoms with van der Waals surface area (Å²) in [5.41, 5.74) is 2.33. The molecule has 0 saturated carbocycles. The average molecular weight is 289 g/mol. The van der Waals surface area contributed by atoms with Crippen molar-refractivity contribution in [2.75, 3.05) is 0 Å². The summed E-state index contributed by atoms with van der Waals surface area (Å²) in [4.78, 5) is 0. The molecule has 2 rings (SSSR count). The molecule has 0 aliphatic carbocycles. The van der Waals surface area contributed by atoms with Gasteiger partial charge in [-0.25, -0.2) is 0 Å². The van der Waals surface area contributed by atoms with Crippen LogP contribution in [0, 0.1) is 18.6 Å². The van der Waals surface area contributed by atoms with Crippen LogP contribution in [0.1, 0.15) is 30.0 Å². The SMILES string of the molecule is C=CCn1c(C(C)Oc2ccc(C)cc2C)n[nH]c1=S. The molecule has 0 bridgehead atoms. The van der Waals surface area contributed by atoms with E-state index < -0.39 is 0 Å². The van der Waals surface area contributed by atoms with Crippen molar-refractivity contribution >= 4 is 12.2 Å². The number of H-pyrrole nitrogens is 1. The van der Waals surface area contributed by atoms with E-state index in [1.54, 1.807) is 6.08 Å². The number of hydrogen-bond acceptors (Lipinski definition) is 3. The van der Waals surface area contributed by atoms with Crippen molar-refractivity contribution in [1.82, 2.24) is 14.8 Å². The number of hydrogen-bond donors (Lipinski definition) is 1. The fourth-order valence-corrected chi connectivity index (χ4v) is 2.33. The first-order valence-electron chi connectivity index (χ1n) is 6.53. The highest BCUT2D eigenvalue weighted by atomic mass is 32.1. The molecule has 1 heterocycles. The second kappa shape index (κ2) is 6.05. The third-order valence-corrected chi connectivity index (χ3v) is 3.41. The Bertz CT molecular complexity index is 672. The normalized spacial score (nSPS) is 12.2. The summed E-state index contributed by atoms with van der Waals surface area (Å²) in [6.07, 6.45) is 1.60. The zero-order valence-electron chi connectivity index (χ0n) is 12.0. The third-order valence-electron chi connectivity index (χ3n) is 3.10. The van der Waals surface area contributed by atoms with Crippen molar-refractivity contribution in [3.63, 3.8) is 0 Å². The zero-order valence-corrected chi connectivity index (χ0v) is 12.8. The van der Waals surface area contributed by atoms with Crippen molar-refractivity contribution in [1.29, 1.82) is 0 Å². The number of allylic oxidation sites excluding steroid dienone is 1. The van der Waals surface area contributed by atoms with Crippen LogP contribution in [-0.2, 0) is 6.54 Å². The highest BCUT2D eigenvalue weighted by molar-refractivity contribution is 7.71. The molecule has 1 atom stereocenters. The van der Waals surface area contributed by atoms with Gasteiger partial charge in [0.25, 0.3) is 0 Å². The molecule has 1 unspecified atom stereocenters. The fourth-order valence-electron chi connectivity index (χ4n) is 2.12. The Balaban J connectivity index is 2.26. The first-order chi connectivity index (χ1) is 9.52. The Morgan fingerprint density at radius 2 is 2.25 bits per heavy atom. The molecule has 1 aromatic carbocycles. The molecular weight excluding hydrogens is 270 g/mol. The van der Waals surface area contributed by atoms with Crippen LogP contribution in [0.4, 0.5) is 0 Å². The lowest BCUT2D eigenvalue weighted by atomic mass is 10.1. The van der Waals surface area contributed by atoms with Gasteiger partial charge in [0.15, 0.2) is 16.7 Å². The highest BCUT2D eigenvalue weighted by Crippen LogP contribution is 2.24. The fraction of sp³-hybridized carbons (Fsp3) is 0.333. The Labute approximate surface area is 124 Å². The zero-order chi connectivity index (χ0) is 14.7. The van der Waals surface area contributed by atoms with Gasteiger partial charge in [0.05, 0.1) is 0 Å². The lowest BCUT2D eigenvalue weighted by molar-refractivity contribution is 0.210. The molecule has 0 fully saturated rings. The summed E-state index contributed by atoms with van der Waals surface area (Å²) in [6, 6.07) is 6.12. The molecule has 4 nitrogen and oxygen atoms in total. The van der Waals surface area contributed by atoms with E-state index in [-0.39, 0.29) is 6.10 Å². The van der Waals surface area contributed by atoms with Gasteiger partial charge in [-0.2, -0.15) is 5.10 Å². The minimum absolute atomic E-state index is 0.190. The van der Waals surface area contributed by atoms with Gasteiger partial charge in [-0.3, -0.25) is 9.67 Å². The molecule has 0 amide bonds. The number of ether oxygens (including phenoxy) is 1. The molecule has 0 aliphatic rings. The van der Waals surface area contributed by atoms with Crippen molar-refractivity contribution in [3.8, 4) is 5.75 Å². The summed E-state index contributed by atoms with van der Waals surface area (Å²) in [5.74, 6) is 1.64. The number of nitrogens with zero attached hydrogens (tertiary/aromatic N) is 2. The highest BCUT2D eigenvalue weighted by Gasteiger charge is 2.16. The van der Waals surface area contributed by atoms with Crippen LogP contribution in [0.2, 0.25) is 0 Å². The number of aromatic amines is 1. The van der Waals surface area contributed by atoms with Gasteiger partial charge < -0.3 is 4.74 Å². The number of nitrogens with one attached hydrogen (secondary N) is 1. The van der Waals surface area contributed by atoms with E-state index in [1.165, 1.54) is 5.56 Å². The lowest BCUT2D eigenvalue weighted by Gasteiger charge is -2.16. The van der Waals surface area contributed by atoms with Gasteiger partial charge in [-0.15, -0.1) is 6.58 Å². The molecule has 2 aromatic rings. The maximum absolute atomic E-state index is 6.00. The van der Waals surface area contributed by atoms with Crippen LogP contribution in [0.15, 0.2) is 30.9 Å². The third kappa shape index (κ3) is 2.99. The van der Waals surface area contributed by atoms with Crippen molar-refractivity contribution in [3.05, 3.63) is 52.6 Å². The molecule has 106 valence electrons. The number of aryl methyl sites for hydroxylation is 2. The van der Waals surface area contributed by atoms with Crippen LogP contribution in [0.5, 0.6) is 5.75 Å². The number of benzene rings is 1. The molecule has 20 heavy (non-hydrogen) atoms. The van der Waals surface area contributed by atoms with Crippen LogP contribution in [0.25, 0.3) is 0 Å². The molecule has 0 radical (unpaired) electrons. The van der Waals surface area contributed by atoms with E-state index >= 15 is 0 Å². The summed E-state index contributed by atoms with van der Waals surface area (Å²) in [6.45, 7) is 10.4. The Morgan fingerprint density at radius 3 is 2.90 bits per heavy atom. The molecule has 1 aromatic heterocycles. The van der Waals surface area contributed by atoms with Crippen molar-refractivity contribution in [2.45, 2.75) is 33.4 Å². The van der Waals surface area contributed by atoms with Crippen LogP contribution in [0.3, 0.4) is 0 Å². The quantitative estimate of drug-likeness (QED) is 0.671. The van der Waals surface area contributed by atoms with Crippen LogP contribution < -0.4 is 4.74 Å². The standard InChI is InChI=1S/C15H19N3OS/c1-5-8-18-14(16-17-15(18)20)12(4)19-13-7-6-10(2)9-11(13)3/h5-7,9,12H,1,8H2,2-4H3,(H,17,20). The topological polar surface area (TPSA) is 42.8 Å². The van der Waals surface area contributed by atoms with Gasteiger partial charge in [-0.05, 0) is 44.6 Å². The van der Waals surface area contributed by atoms with Crippen molar-refractivity contribution < 1.29 is 4.74 Å². The lowest BCUT2D eigenvalue weighted by Crippen LogP contribution is -2.12. The summed E-state index contributed by atoms with van der Waals surface area (Å²) in [7, 11) is 0. The first kappa shape index (κ1) is 14.5. The molecule has 0 spiro atoms. The monoisotopic (exact) mass is 289 g/mol. The first-order valence-corrected chi connectivity index (χ1v) is 6.93. The van der Waals surface area contributed by atoms with Crippen LogP contribution in [-0.4, -0.2) is 14.8 Å². The molecule has 0 saturated heterocycles. The van der Waals surface area contributed by atoms with E-state index in [9.17, 15) is 0 Å². The Hall–Kier alpha value is -1.88. The average Bonchev–Trinajstić information content (AvgIpc) is 2.75. The number of aromatic nitrogens is 3. The van der Waals surface area contributed by atoms with Gasteiger partial charge in [0, 0.05) is 6.54 Å². The van der Waals surface area contributed by atoms with Crippen LogP contribution >= 0.6 is 12.2 Å². The minimum atomic E-state index is -0.190.